The van der Waals surface area contributed by atoms with Crippen LogP contribution in [-0.4, -0.2) is 14.5 Å². The van der Waals surface area contributed by atoms with Gasteiger partial charge in [-0.25, -0.2) is 9.97 Å². The van der Waals surface area contributed by atoms with E-state index in [1.807, 2.05) is 30.3 Å². The Morgan fingerprint density at radius 1 is 0.312 bits per heavy atom. The summed E-state index contributed by atoms with van der Waals surface area (Å²) in [4.78, 5) is 12.7. The summed E-state index contributed by atoms with van der Waals surface area (Å²) < 4.78 is 2.36. The van der Waals surface area contributed by atoms with Crippen LogP contribution in [0.4, 0.5) is 17.1 Å². The van der Waals surface area contributed by atoms with Gasteiger partial charge in [0.25, 0.3) is 0 Å². The molecule has 0 saturated heterocycles. The molecule has 0 amide bonds. The van der Waals surface area contributed by atoms with Crippen LogP contribution in [-0.2, 0) is 0 Å². The normalized spacial score (nSPS) is 11.4. The van der Waals surface area contributed by atoms with Gasteiger partial charge in [-0.15, -0.1) is 0 Å². The lowest BCUT2D eigenvalue weighted by atomic mass is 9.98. The van der Waals surface area contributed by atoms with Crippen LogP contribution in [0.1, 0.15) is 0 Å². The molecule has 0 N–H and O–H groups in total. The summed E-state index contributed by atoms with van der Waals surface area (Å²) in [5, 5.41) is 4.96. The number of benzene rings is 10. The van der Waals surface area contributed by atoms with E-state index in [-0.39, 0.29) is 0 Å². The summed E-state index contributed by atoms with van der Waals surface area (Å²) in [7, 11) is 0. The Bertz CT molecular complexity index is 3630. The van der Waals surface area contributed by atoms with Gasteiger partial charge in [-0.2, -0.15) is 0 Å². The SMILES string of the molecule is c1ccc(-c2nc3ccccc3nc2-c2ccc(N(c3ccc(-c4ccc5c(c4)c4ccccc4n5-c4ccccc4)cc3)c3ccc(-c4cccc5ccccc45)cc3)cc2)cc1. The van der Waals surface area contributed by atoms with Crippen molar-refractivity contribution in [2.45, 2.75) is 0 Å². The maximum absolute atomic E-state index is 5.19. The van der Waals surface area contributed by atoms with E-state index >= 15 is 0 Å². The van der Waals surface area contributed by atoms with E-state index in [0.717, 1.165) is 61.9 Å². The smallest absolute Gasteiger partial charge is 0.0973 e. The minimum Gasteiger partial charge on any atom is -0.311 e. The average Bonchev–Trinajstić information content (AvgIpc) is 3.71. The van der Waals surface area contributed by atoms with Crippen molar-refractivity contribution in [3.63, 3.8) is 0 Å². The van der Waals surface area contributed by atoms with Gasteiger partial charge in [0.1, 0.15) is 0 Å². The molecule has 0 unspecified atom stereocenters. The predicted molar refractivity (Wildman–Crippen MR) is 268 cm³/mol. The van der Waals surface area contributed by atoms with Gasteiger partial charge in [0, 0.05) is 44.6 Å². The van der Waals surface area contributed by atoms with Crippen LogP contribution < -0.4 is 4.90 Å². The molecule has 0 aliphatic heterocycles. The van der Waals surface area contributed by atoms with Gasteiger partial charge < -0.3 is 9.47 Å². The zero-order chi connectivity index (χ0) is 42.4. The van der Waals surface area contributed by atoms with Crippen molar-refractivity contribution in [1.82, 2.24) is 14.5 Å². The average molecular weight is 817 g/mol. The first kappa shape index (κ1) is 37.2. The fourth-order valence-corrected chi connectivity index (χ4v) is 9.29. The third-order valence-electron chi connectivity index (χ3n) is 12.4. The molecular weight excluding hydrogens is 777 g/mol. The minimum absolute atomic E-state index is 0.857. The topological polar surface area (TPSA) is 34.0 Å². The maximum Gasteiger partial charge on any atom is 0.0973 e. The molecule has 0 atom stereocenters. The van der Waals surface area contributed by atoms with Gasteiger partial charge in [0.15, 0.2) is 0 Å². The van der Waals surface area contributed by atoms with E-state index in [9.17, 15) is 0 Å². The van der Waals surface area contributed by atoms with Crippen LogP contribution in [0.25, 0.3) is 94.1 Å². The van der Waals surface area contributed by atoms with Crippen molar-refractivity contribution in [3.05, 3.63) is 243 Å². The molecule has 0 saturated carbocycles. The molecule has 2 heterocycles. The lowest BCUT2D eigenvalue weighted by Crippen LogP contribution is -2.10. The van der Waals surface area contributed by atoms with E-state index in [4.69, 9.17) is 9.97 Å². The standard InChI is InChI=1S/C60H40N4/c1-3-15-44(16-4-1)59-60(62-56-24-11-10-23-55(56)61-59)45-30-37-50(38-31-45)63(49-35-28-43(29-36-49)52-22-13-17-42-14-7-8-20-51(42)52)48-33-26-41(27-34-48)46-32-39-58-54(40-46)53-21-9-12-25-57(53)64(58)47-18-5-2-6-19-47/h1-40H. The maximum atomic E-state index is 5.19. The summed E-state index contributed by atoms with van der Waals surface area (Å²) in [5.41, 5.74) is 17.0. The van der Waals surface area contributed by atoms with Gasteiger partial charge in [-0.1, -0.05) is 164 Å². The monoisotopic (exact) mass is 816 g/mol. The number of anilines is 3. The molecule has 12 rings (SSSR count). The fraction of sp³-hybridized carbons (Fsp3) is 0. The highest BCUT2D eigenvalue weighted by Gasteiger charge is 2.18. The molecule has 4 heteroatoms. The summed E-state index contributed by atoms with van der Waals surface area (Å²) in [6.45, 7) is 0. The Morgan fingerprint density at radius 3 is 1.47 bits per heavy atom. The predicted octanol–water partition coefficient (Wildman–Crippen LogP) is 16.0. The molecule has 0 radical (unpaired) electrons. The lowest BCUT2D eigenvalue weighted by Gasteiger charge is -2.26. The number of fused-ring (bicyclic) bond motifs is 5. The van der Waals surface area contributed by atoms with Crippen LogP contribution in [0.3, 0.4) is 0 Å². The molecule has 64 heavy (non-hydrogen) atoms. The molecule has 0 bridgehead atoms. The van der Waals surface area contributed by atoms with E-state index in [0.29, 0.717) is 0 Å². The van der Waals surface area contributed by atoms with Crippen molar-refractivity contribution in [2.75, 3.05) is 4.90 Å². The van der Waals surface area contributed by atoms with E-state index in [1.165, 1.54) is 49.3 Å². The van der Waals surface area contributed by atoms with Crippen molar-refractivity contribution in [3.8, 4) is 50.5 Å². The van der Waals surface area contributed by atoms with Gasteiger partial charge in [0.2, 0.25) is 0 Å². The molecule has 0 aliphatic rings. The Labute approximate surface area is 371 Å². The molecule has 0 spiro atoms. The van der Waals surface area contributed by atoms with Crippen LogP contribution in [0.15, 0.2) is 243 Å². The number of para-hydroxylation sites is 4. The van der Waals surface area contributed by atoms with E-state index in [2.05, 4.69) is 222 Å². The largest absolute Gasteiger partial charge is 0.311 e. The molecule has 12 aromatic rings. The minimum atomic E-state index is 0.857. The Morgan fingerprint density at radius 2 is 0.797 bits per heavy atom. The van der Waals surface area contributed by atoms with Crippen LogP contribution >= 0.6 is 0 Å². The first-order valence-corrected chi connectivity index (χ1v) is 21.7. The van der Waals surface area contributed by atoms with Gasteiger partial charge in [0.05, 0.1) is 33.5 Å². The zero-order valence-corrected chi connectivity index (χ0v) is 34.9. The lowest BCUT2D eigenvalue weighted by molar-refractivity contribution is 1.18. The third kappa shape index (κ3) is 6.57. The summed E-state index contributed by atoms with van der Waals surface area (Å²) in [5.74, 6) is 0. The number of nitrogens with zero attached hydrogens (tertiary/aromatic N) is 4. The Kier molecular flexibility index (Phi) is 9.12. The first-order chi connectivity index (χ1) is 31.7. The second kappa shape index (κ2) is 15.7. The highest BCUT2D eigenvalue weighted by Crippen LogP contribution is 2.41. The molecule has 0 aliphatic carbocycles. The third-order valence-corrected chi connectivity index (χ3v) is 12.4. The van der Waals surface area contributed by atoms with Gasteiger partial charge >= 0.3 is 0 Å². The van der Waals surface area contributed by atoms with E-state index < -0.39 is 0 Å². The highest BCUT2D eigenvalue weighted by molar-refractivity contribution is 6.10. The summed E-state index contributed by atoms with van der Waals surface area (Å²) in [6, 6.07) is 86.4. The highest BCUT2D eigenvalue weighted by atomic mass is 15.1. The fourth-order valence-electron chi connectivity index (χ4n) is 9.29. The molecule has 10 aromatic carbocycles. The van der Waals surface area contributed by atoms with Gasteiger partial charge in [-0.3, -0.25) is 0 Å². The first-order valence-electron chi connectivity index (χ1n) is 21.7. The molecular formula is C60H40N4. The number of aromatic nitrogens is 3. The van der Waals surface area contributed by atoms with E-state index in [1.54, 1.807) is 0 Å². The van der Waals surface area contributed by atoms with Crippen molar-refractivity contribution in [1.29, 1.82) is 0 Å². The second-order valence-electron chi connectivity index (χ2n) is 16.2. The summed E-state index contributed by atoms with van der Waals surface area (Å²) in [6.07, 6.45) is 0. The van der Waals surface area contributed by atoms with Crippen molar-refractivity contribution >= 4 is 60.7 Å². The molecule has 2 aromatic heterocycles. The van der Waals surface area contributed by atoms with Crippen LogP contribution in [0, 0.1) is 0 Å². The van der Waals surface area contributed by atoms with Crippen LogP contribution in [0.5, 0.6) is 0 Å². The van der Waals surface area contributed by atoms with Crippen molar-refractivity contribution in [2.24, 2.45) is 0 Å². The Balaban J connectivity index is 0.949. The molecule has 300 valence electrons. The van der Waals surface area contributed by atoms with Crippen LogP contribution in [0.2, 0.25) is 0 Å². The number of hydrogen-bond acceptors (Lipinski definition) is 3. The van der Waals surface area contributed by atoms with Crippen molar-refractivity contribution < 1.29 is 0 Å². The zero-order valence-electron chi connectivity index (χ0n) is 34.9. The summed E-state index contributed by atoms with van der Waals surface area (Å²) >= 11 is 0. The quantitative estimate of drug-likeness (QED) is 0.153. The number of hydrogen-bond donors (Lipinski definition) is 0. The molecule has 0 fully saturated rings. The number of rotatable bonds is 8. The molecule has 4 nitrogen and oxygen atoms in total. The second-order valence-corrected chi connectivity index (χ2v) is 16.2. The van der Waals surface area contributed by atoms with Gasteiger partial charge in [-0.05, 0) is 112 Å². The Hall–Kier alpha value is -8.60.